The molecule has 0 heterocycles. The second kappa shape index (κ2) is 6.94. The maximum Gasteiger partial charge on any atom is 0.423 e. The van der Waals surface area contributed by atoms with E-state index in [1.807, 2.05) is 0 Å². The molecule has 0 aliphatic heterocycles. The minimum absolute atomic E-state index is 4.61. The Morgan fingerprint density at radius 2 is 0.633 bits per heavy atom. The monoisotopic (exact) mass is 498 g/mol. The Labute approximate surface area is 149 Å². The lowest BCUT2D eigenvalue weighted by molar-refractivity contribution is -0.468. The number of hydrogen-bond donors (Lipinski definition) is 1. The van der Waals surface area contributed by atoms with Crippen LogP contribution in [0.4, 0.5) is 83.4 Å². The van der Waals surface area contributed by atoms with Gasteiger partial charge in [0.1, 0.15) is 0 Å². The summed E-state index contributed by atoms with van der Waals surface area (Å²) in [5.74, 6) is -64.5. The smallest absolute Gasteiger partial charge is 0.331 e. The van der Waals surface area contributed by atoms with Gasteiger partial charge in [0.2, 0.25) is 5.83 Å². The van der Waals surface area contributed by atoms with Crippen molar-refractivity contribution < 1.29 is 88.5 Å². The molecule has 1 nitrogen and oxygen atoms in total. The maximum absolute atomic E-state index is 13.1. The van der Waals surface area contributed by atoms with Gasteiger partial charge in [-0.2, -0.15) is 83.4 Å². The van der Waals surface area contributed by atoms with Crippen LogP contribution in [-0.2, 0) is 0 Å². The third-order valence-corrected chi connectivity index (χ3v) is 3.19. The first kappa shape index (κ1) is 28.4. The summed E-state index contributed by atoms with van der Waals surface area (Å²) in [6.45, 7) is 0. The summed E-state index contributed by atoms with van der Waals surface area (Å²) < 4.78 is 240. The summed E-state index contributed by atoms with van der Waals surface area (Å²) in [6.07, 6.45) is -12.0. The second-order valence-electron chi connectivity index (χ2n) is 5.14. The molecule has 0 atom stereocenters. The van der Waals surface area contributed by atoms with Crippen molar-refractivity contribution in [3.63, 3.8) is 0 Å². The highest BCUT2D eigenvalue weighted by Gasteiger charge is 2.95. The van der Waals surface area contributed by atoms with Crippen molar-refractivity contribution in [2.45, 2.75) is 47.6 Å². The fraction of sp³-hybridized carbons (Fsp3) is 0.800. The topological polar surface area (TPSA) is 20.2 Å². The van der Waals surface area contributed by atoms with E-state index in [1.165, 1.54) is 0 Å². The van der Waals surface area contributed by atoms with Gasteiger partial charge >= 0.3 is 53.6 Å². The fourth-order valence-electron chi connectivity index (χ4n) is 1.43. The van der Waals surface area contributed by atoms with Crippen LogP contribution in [0.25, 0.3) is 0 Å². The van der Waals surface area contributed by atoms with Crippen molar-refractivity contribution in [1.82, 2.24) is 0 Å². The molecule has 180 valence electrons. The second-order valence-corrected chi connectivity index (χ2v) is 5.14. The first-order chi connectivity index (χ1) is 12.6. The van der Waals surface area contributed by atoms with Crippen LogP contribution in [0, 0.1) is 0 Å². The minimum Gasteiger partial charge on any atom is -0.331 e. The molecule has 0 saturated heterocycles. The molecule has 0 unspecified atom stereocenters. The van der Waals surface area contributed by atoms with Crippen molar-refractivity contribution in [1.29, 1.82) is 0 Å². The van der Waals surface area contributed by atoms with Crippen molar-refractivity contribution in [2.75, 3.05) is 0 Å². The van der Waals surface area contributed by atoms with E-state index >= 15 is 0 Å². The highest BCUT2D eigenvalue weighted by Crippen LogP contribution is 2.64. The Kier molecular flexibility index (Phi) is 6.56. The summed E-state index contributed by atoms with van der Waals surface area (Å²) in [5, 5.41) is 7.40. The van der Waals surface area contributed by atoms with Crippen molar-refractivity contribution >= 4 is 0 Å². The van der Waals surface area contributed by atoms with E-state index in [4.69, 9.17) is 5.11 Å². The Morgan fingerprint density at radius 1 is 0.400 bits per heavy atom. The van der Waals surface area contributed by atoms with E-state index < -0.39 is 59.5 Å². The average Bonchev–Trinajstić information content (AvgIpc) is 2.51. The lowest BCUT2D eigenvalue weighted by Gasteiger charge is -2.42. The van der Waals surface area contributed by atoms with Crippen LogP contribution in [0.15, 0.2) is 11.9 Å². The van der Waals surface area contributed by atoms with Gasteiger partial charge in [-0.1, -0.05) is 0 Å². The van der Waals surface area contributed by atoms with Gasteiger partial charge in [-0.05, 0) is 0 Å². The zero-order valence-corrected chi connectivity index (χ0v) is 12.6. The van der Waals surface area contributed by atoms with Gasteiger partial charge in [-0.25, -0.2) is 0 Å². The number of allylic oxidation sites excluding steroid dienone is 1. The number of rotatable bonds is 8. The Bertz CT molecular complexity index is 678. The molecule has 0 aromatic heterocycles. The quantitative estimate of drug-likeness (QED) is 0.402. The van der Waals surface area contributed by atoms with Gasteiger partial charge < -0.3 is 5.11 Å². The van der Waals surface area contributed by atoms with E-state index in [-0.39, 0.29) is 0 Å². The standard InChI is InChI=1S/C10HF19O/c11-1(2(12)13)3(14,15)4(16,17)5(18,19)6(20,21)7(22,23)8(24,25)9(26,27)10(28,29)30/h30H. The van der Waals surface area contributed by atoms with Crippen LogP contribution in [0.3, 0.4) is 0 Å². The number of halogens is 19. The van der Waals surface area contributed by atoms with Crippen LogP contribution in [0.2, 0.25) is 0 Å². The third-order valence-electron chi connectivity index (χ3n) is 3.19. The lowest BCUT2D eigenvalue weighted by atomic mass is 9.88. The van der Waals surface area contributed by atoms with Gasteiger partial charge in [0.15, 0.2) is 0 Å². The van der Waals surface area contributed by atoms with Gasteiger partial charge in [0.25, 0.3) is 0 Å². The van der Waals surface area contributed by atoms with E-state index in [9.17, 15) is 83.4 Å². The summed E-state index contributed by atoms with van der Waals surface area (Å²) in [4.78, 5) is 0. The molecule has 0 aromatic carbocycles. The molecule has 0 spiro atoms. The number of hydrogen-bond acceptors (Lipinski definition) is 1. The van der Waals surface area contributed by atoms with Crippen LogP contribution < -0.4 is 0 Å². The predicted octanol–water partition coefficient (Wildman–Crippen LogP) is 6.10. The van der Waals surface area contributed by atoms with Crippen molar-refractivity contribution in [3.05, 3.63) is 11.9 Å². The van der Waals surface area contributed by atoms with Crippen LogP contribution in [0.1, 0.15) is 0 Å². The van der Waals surface area contributed by atoms with Gasteiger partial charge in [0.05, 0.1) is 0 Å². The van der Waals surface area contributed by atoms with Gasteiger partial charge in [0, 0.05) is 0 Å². The molecule has 0 amide bonds. The minimum atomic E-state index is -8.89. The molecule has 0 aliphatic carbocycles. The van der Waals surface area contributed by atoms with E-state index in [1.54, 1.807) is 0 Å². The molecule has 20 heteroatoms. The zero-order valence-electron chi connectivity index (χ0n) is 12.6. The SMILES string of the molecule is OC(F)(F)C(F)(F)C(F)(F)C(F)(F)C(F)(F)C(F)(F)C(F)(F)C(F)(F)C(F)=C(F)F. The Hall–Kier alpha value is -1.63. The third kappa shape index (κ3) is 3.33. The first-order valence-electron chi connectivity index (χ1n) is 6.06. The molecule has 0 saturated carbocycles. The van der Waals surface area contributed by atoms with Gasteiger partial charge in [-0.15, -0.1) is 0 Å². The molecule has 30 heavy (non-hydrogen) atoms. The maximum atomic E-state index is 13.1. The van der Waals surface area contributed by atoms with Crippen molar-refractivity contribution in [3.8, 4) is 0 Å². The number of aliphatic hydroxyl groups is 1. The lowest BCUT2D eigenvalue weighted by Crippen LogP contribution is -2.74. The summed E-state index contributed by atoms with van der Waals surface area (Å²) >= 11 is 0. The molecule has 0 aliphatic rings. The average molecular weight is 498 g/mol. The summed E-state index contributed by atoms with van der Waals surface area (Å²) in [6, 6.07) is 0. The molecular formula is C10HF19O. The highest BCUT2D eigenvalue weighted by atomic mass is 19.4. The molecule has 0 rings (SSSR count). The molecule has 0 bridgehead atoms. The largest absolute Gasteiger partial charge is 0.423 e. The summed E-state index contributed by atoms with van der Waals surface area (Å²) in [7, 11) is 0. The molecule has 0 fully saturated rings. The van der Waals surface area contributed by atoms with Crippen molar-refractivity contribution in [2.24, 2.45) is 0 Å². The van der Waals surface area contributed by atoms with Crippen LogP contribution in [-0.4, -0.2) is 52.7 Å². The van der Waals surface area contributed by atoms with Crippen LogP contribution >= 0.6 is 0 Å². The zero-order chi connectivity index (χ0) is 25.2. The van der Waals surface area contributed by atoms with Gasteiger partial charge in [-0.3, -0.25) is 0 Å². The highest BCUT2D eigenvalue weighted by molar-refractivity contribution is 5.20. The first-order valence-corrected chi connectivity index (χ1v) is 6.06. The van der Waals surface area contributed by atoms with Crippen LogP contribution in [0.5, 0.6) is 0 Å². The fourth-order valence-corrected chi connectivity index (χ4v) is 1.43. The molecular weight excluding hydrogens is 497 g/mol. The van der Waals surface area contributed by atoms with E-state index in [0.29, 0.717) is 0 Å². The number of alkyl halides is 16. The Balaban J connectivity index is 6.89. The molecule has 0 aromatic rings. The Morgan fingerprint density at radius 3 is 0.867 bits per heavy atom. The predicted molar refractivity (Wildman–Crippen MR) is 52.1 cm³/mol. The van der Waals surface area contributed by atoms with E-state index in [0.717, 1.165) is 0 Å². The van der Waals surface area contributed by atoms with E-state index in [2.05, 4.69) is 0 Å². The molecule has 0 radical (unpaired) electrons. The summed E-state index contributed by atoms with van der Waals surface area (Å²) in [5.41, 5.74) is 0. The molecule has 1 N–H and O–H groups in total. The normalized spacial score (nSPS) is 16.0.